The van der Waals surface area contributed by atoms with Crippen LogP contribution in [0.25, 0.3) is 0 Å². The minimum Gasteiger partial charge on any atom is -0.495 e. The number of methoxy groups -OCH3 is 1. The summed E-state index contributed by atoms with van der Waals surface area (Å²) < 4.78 is 5.24. The van der Waals surface area contributed by atoms with E-state index < -0.39 is 0 Å². The zero-order valence-corrected chi connectivity index (χ0v) is 11.1. The first-order chi connectivity index (χ1) is 8.63. The standard InChI is InChI=1S/C14H22N2O2/c1-16(12-5-3-4-6-13(12)17)10-7-8-11(15)14(9-10)18-2/h7-9,12-13,17H,3-6,15H2,1-2H3. The van der Waals surface area contributed by atoms with Gasteiger partial charge in [0.1, 0.15) is 5.75 Å². The maximum Gasteiger partial charge on any atom is 0.143 e. The average Bonchev–Trinajstić information content (AvgIpc) is 2.39. The number of likely N-dealkylation sites (N-methyl/N-ethyl adjacent to an activating group) is 1. The minimum absolute atomic E-state index is 0.187. The van der Waals surface area contributed by atoms with Gasteiger partial charge in [-0.05, 0) is 25.0 Å². The number of aliphatic hydroxyl groups excluding tert-OH is 1. The second-order valence-electron chi connectivity index (χ2n) is 4.96. The number of anilines is 2. The Labute approximate surface area is 108 Å². The lowest BCUT2D eigenvalue weighted by molar-refractivity contribution is 0.106. The van der Waals surface area contributed by atoms with Crippen molar-refractivity contribution in [2.45, 2.75) is 37.8 Å². The van der Waals surface area contributed by atoms with E-state index in [1.165, 1.54) is 6.42 Å². The van der Waals surface area contributed by atoms with Crippen molar-refractivity contribution < 1.29 is 9.84 Å². The lowest BCUT2D eigenvalue weighted by Crippen LogP contribution is -2.43. The summed E-state index contributed by atoms with van der Waals surface area (Å²) in [7, 11) is 3.63. The van der Waals surface area contributed by atoms with Gasteiger partial charge in [0.25, 0.3) is 0 Å². The van der Waals surface area contributed by atoms with Crippen molar-refractivity contribution in [3.63, 3.8) is 0 Å². The quantitative estimate of drug-likeness (QED) is 0.806. The van der Waals surface area contributed by atoms with Gasteiger partial charge < -0.3 is 20.5 Å². The Morgan fingerprint density at radius 2 is 2.06 bits per heavy atom. The fourth-order valence-corrected chi connectivity index (χ4v) is 2.65. The molecular formula is C14H22N2O2. The van der Waals surface area contributed by atoms with E-state index in [2.05, 4.69) is 4.90 Å². The molecule has 1 fully saturated rings. The van der Waals surface area contributed by atoms with Gasteiger partial charge in [0, 0.05) is 18.8 Å². The molecule has 2 rings (SSSR count). The van der Waals surface area contributed by atoms with Crippen molar-refractivity contribution in [1.82, 2.24) is 0 Å². The largest absolute Gasteiger partial charge is 0.495 e. The van der Waals surface area contributed by atoms with Gasteiger partial charge in [-0.25, -0.2) is 0 Å². The highest BCUT2D eigenvalue weighted by Gasteiger charge is 2.27. The Morgan fingerprint density at radius 1 is 1.33 bits per heavy atom. The number of nitrogens with zero attached hydrogens (tertiary/aromatic N) is 1. The SMILES string of the molecule is COc1cc(N(C)C2CCCCC2O)ccc1N. The highest BCUT2D eigenvalue weighted by atomic mass is 16.5. The Hall–Kier alpha value is -1.42. The van der Waals surface area contributed by atoms with Crippen LogP contribution in [-0.4, -0.2) is 31.4 Å². The maximum atomic E-state index is 10.1. The van der Waals surface area contributed by atoms with Crippen molar-refractivity contribution in [3.8, 4) is 5.75 Å². The second kappa shape index (κ2) is 5.48. The van der Waals surface area contributed by atoms with E-state index in [1.54, 1.807) is 7.11 Å². The van der Waals surface area contributed by atoms with Gasteiger partial charge >= 0.3 is 0 Å². The molecule has 3 N–H and O–H groups in total. The van der Waals surface area contributed by atoms with Crippen LogP contribution in [-0.2, 0) is 0 Å². The van der Waals surface area contributed by atoms with Gasteiger partial charge in [0.15, 0.2) is 0 Å². The molecule has 0 saturated heterocycles. The lowest BCUT2D eigenvalue weighted by Gasteiger charge is -2.36. The summed E-state index contributed by atoms with van der Waals surface area (Å²) in [5.74, 6) is 0.685. The predicted molar refractivity (Wildman–Crippen MR) is 74.1 cm³/mol. The molecule has 0 amide bonds. The summed E-state index contributed by atoms with van der Waals surface area (Å²) in [6, 6.07) is 5.93. The fourth-order valence-electron chi connectivity index (χ4n) is 2.65. The van der Waals surface area contributed by atoms with E-state index >= 15 is 0 Å². The van der Waals surface area contributed by atoms with Crippen molar-refractivity contribution in [3.05, 3.63) is 18.2 Å². The summed E-state index contributed by atoms with van der Waals surface area (Å²) in [4.78, 5) is 2.13. The molecule has 18 heavy (non-hydrogen) atoms. The van der Waals surface area contributed by atoms with Crippen LogP contribution in [0.3, 0.4) is 0 Å². The van der Waals surface area contributed by atoms with Crippen LogP contribution >= 0.6 is 0 Å². The predicted octanol–water partition coefficient (Wildman–Crippen LogP) is 2.02. The number of nitrogen functional groups attached to an aromatic ring is 1. The van der Waals surface area contributed by atoms with Crippen LogP contribution in [0.2, 0.25) is 0 Å². The summed E-state index contributed by atoms with van der Waals surface area (Å²) in [5, 5.41) is 10.1. The molecule has 2 unspecified atom stereocenters. The Balaban J connectivity index is 2.19. The molecule has 0 bridgehead atoms. The van der Waals surface area contributed by atoms with E-state index in [9.17, 15) is 5.11 Å². The van der Waals surface area contributed by atoms with Crippen molar-refractivity contribution >= 4 is 11.4 Å². The molecule has 0 radical (unpaired) electrons. The Kier molecular flexibility index (Phi) is 3.97. The first kappa shape index (κ1) is 13.0. The summed E-state index contributed by atoms with van der Waals surface area (Å²) in [6.07, 6.45) is 3.98. The number of nitrogens with two attached hydrogens (primary N) is 1. The molecule has 0 aromatic heterocycles. The molecule has 2 atom stereocenters. The number of aliphatic hydroxyl groups is 1. The third-order valence-electron chi connectivity index (χ3n) is 3.82. The molecule has 4 heteroatoms. The van der Waals surface area contributed by atoms with Crippen LogP contribution in [0.15, 0.2) is 18.2 Å². The minimum atomic E-state index is -0.243. The number of hydrogen-bond donors (Lipinski definition) is 2. The zero-order valence-electron chi connectivity index (χ0n) is 11.1. The molecule has 0 spiro atoms. The first-order valence-corrected chi connectivity index (χ1v) is 6.48. The molecule has 0 aliphatic heterocycles. The molecule has 4 nitrogen and oxygen atoms in total. The monoisotopic (exact) mass is 250 g/mol. The van der Waals surface area contributed by atoms with Crippen LogP contribution in [0, 0.1) is 0 Å². The summed E-state index contributed by atoms with van der Waals surface area (Å²) >= 11 is 0. The molecule has 1 aliphatic rings. The van der Waals surface area contributed by atoms with Gasteiger partial charge in [0.05, 0.1) is 24.9 Å². The smallest absolute Gasteiger partial charge is 0.143 e. The normalized spacial score (nSPS) is 23.7. The van der Waals surface area contributed by atoms with Crippen LogP contribution in [0.5, 0.6) is 5.75 Å². The van der Waals surface area contributed by atoms with E-state index in [0.29, 0.717) is 11.4 Å². The van der Waals surface area contributed by atoms with Gasteiger partial charge in [-0.2, -0.15) is 0 Å². The molecule has 1 aromatic rings. The molecule has 1 aromatic carbocycles. The Morgan fingerprint density at radius 3 is 2.72 bits per heavy atom. The van der Waals surface area contributed by atoms with E-state index in [4.69, 9.17) is 10.5 Å². The van der Waals surface area contributed by atoms with Gasteiger partial charge in [0.2, 0.25) is 0 Å². The third kappa shape index (κ3) is 2.53. The van der Waals surface area contributed by atoms with Crippen LogP contribution < -0.4 is 15.4 Å². The molecule has 1 aliphatic carbocycles. The van der Waals surface area contributed by atoms with Gasteiger partial charge in [-0.3, -0.25) is 0 Å². The molecule has 1 saturated carbocycles. The maximum absolute atomic E-state index is 10.1. The van der Waals surface area contributed by atoms with Crippen LogP contribution in [0.4, 0.5) is 11.4 Å². The number of hydrogen-bond acceptors (Lipinski definition) is 4. The summed E-state index contributed by atoms with van der Waals surface area (Å²) in [6.45, 7) is 0. The van der Waals surface area contributed by atoms with E-state index in [0.717, 1.165) is 24.9 Å². The van der Waals surface area contributed by atoms with Crippen molar-refractivity contribution in [2.24, 2.45) is 0 Å². The van der Waals surface area contributed by atoms with E-state index in [-0.39, 0.29) is 12.1 Å². The Bertz CT molecular complexity index is 409. The van der Waals surface area contributed by atoms with Gasteiger partial charge in [-0.15, -0.1) is 0 Å². The topological polar surface area (TPSA) is 58.7 Å². The number of benzene rings is 1. The molecular weight excluding hydrogens is 228 g/mol. The van der Waals surface area contributed by atoms with Crippen molar-refractivity contribution in [2.75, 3.05) is 24.8 Å². The summed E-state index contributed by atoms with van der Waals surface area (Å²) in [5.41, 5.74) is 7.49. The van der Waals surface area contributed by atoms with Gasteiger partial charge in [-0.1, -0.05) is 12.8 Å². The first-order valence-electron chi connectivity index (χ1n) is 6.48. The average molecular weight is 250 g/mol. The number of ether oxygens (including phenoxy) is 1. The highest BCUT2D eigenvalue weighted by molar-refractivity contribution is 5.62. The molecule has 100 valence electrons. The fraction of sp³-hybridized carbons (Fsp3) is 0.571. The van der Waals surface area contributed by atoms with Crippen LogP contribution in [0.1, 0.15) is 25.7 Å². The molecule has 0 heterocycles. The third-order valence-corrected chi connectivity index (χ3v) is 3.82. The lowest BCUT2D eigenvalue weighted by atomic mass is 9.91. The second-order valence-corrected chi connectivity index (χ2v) is 4.96. The number of rotatable bonds is 3. The highest BCUT2D eigenvalue weighted by Crippen LogP contribution is 2.31. The zero-order chi connectivity index (χ0) is 13.1. The van der Waals surface area contributed by atoms with Crippen molar-refractivity contribution in [1.29, 1.82) is 0 Å². The van der Waals surface area contributed by atoms with E-state index in [1.807, 2.05) is 25.2 Å².